The molecule has 3 heterocycles. The molecule has 3 rings (SSSR count). The van der Waals surface area contributed by atoms with Crippen molar-refractivity contribution in [2.45, 2.75) is 26.4 Å². The predicted octanol–water partition coefficient (Wildman–Crippen LogP) is 1.41. The van der Waals surface area contributed by atoms with E-state index in [1.165, 1.54) is 5.56 Å². The lowest BCUT2D eigenvalue weighted by atomic mass is 10.3. The van der Waals surface area contributed by atoms with E-state index in [1.54, 1.807) is 24.5 Å². The van der Waals surface area contributed by atoms with Gasteiger partial charge in [-0.25, -0.2) is 0 Å². The van der Waals surface area contributed by atoms with Crippen molar-refractivity contribution in [3.05, 3.63) is 42.5 Å². The zero-order valence-electron chi connectivity index (χ0n) is 14.7. The molecular weight excluding hydrogens is 318 g/mol. The third kappa shape index (κ3) is 5.03. The molecule has 0 unspecified atom stereocenters. The number of aryl methyl sites for hydroxylation is 1. The predicted molar refractivity (Wildman–Crippen MR) is 94.1 cm³/mol. The molecule has 1 amide bonds. The summed E-state index contributed by atoms with van der Waals surface area (Å²) < 4.78 is 7.46. The molecule has 1 fully saturated rings. The maximum absolute atomic E-state index is 12.4. The Balaban J connectivity index is 1.46. The van der Waals surface area contributed by atoms with Crippen LogP contribution in [0.5, 0.6) is 5.75 Å². The number of carbonyl (C=O) groups is 1. The minimum absolute atomic E-state index is 0.0319. The van der Waals surface area contributed by atoms with Crippen molar-refractivity contribution >= 4 is 5.91 Å². The summed E-state index contributed by atoms with van der Waals surface area (Å²) in [6.07, 6.45) is 8.30. The van der Waals surface area contributed by atoms with Crippen molar-refractivity contribution in [1.29, 1.82) is 0 Å². The number of pyridine rings is 1. The normalized spacial score (nSPS) is 15.8. The average molecular weight is 343 g/mol. The summed E-state index contributed by atoms with van der Waals surface area (Å²) in [7, 11) is 0. The highest BCUT2D eigenvalue weighted by Gasteiger charge is 2.19. The van der Waals surface area contributed by atoms with Crippen molar-refractivity contribution in [2.24, 2.45) is 0 Å². The van der Waals surface area contributed by atoms with Crippen LogP contribution in [0.15, 0.2) is 36.9 Å². The van der Waals surface area contributed by atoms with Crippen LogP contribution in [0.4, 0.5) is 0 Å². The zero-order chi connectivity index (χ0) is 17.5. The summed E-state index contributed by atoms with van der Waals surface area (Å²) in [5, 5.41) is 4.32. The zero-order valence-corrected chi connectivity index (χ0v) is 14.7. The van der Waals surface area contributed by atoms with E-state index in [1.807, 2.05) is 15.8 Å². The van der Waals surface area contributed by atoms with Crippen LogP contribution >= 0.6 is 0 Å². The second kappa shape index (κ2) is 8.62. The van der Waals surface area contributed by atoms with Gasteiger partial charge in [-0.2, -0.15) is 5.10 Å². The lowest BCUT2D eigenvalue weighted by Gasteiger charge is -2.21. The minimum Gasteiger partial charge on any atom is -0.482 e. The van der Waals surface area contributed by atoms with Crippen molar-refractivity contribution < 1.29 is 9.53 Å². The Bertz CT molecular complexity index is 673. The molecule has 2 aromatic heterocycles. The fraction of sp³-hybridized carbons (Fsp3) is 0.500. The highest BCUT2D eigenvalue weighted by Crippen LogP contribution is 2.10. The van der Waals surface area contributed by atoms with E-state index < -0.39 is 0 Å². The van der Waals surface area contributed by atoms with E-state index in [0.717, 1.165) is 45.7 Å². The number of aromatic nitrogens is 3. The smallest absolute Gasteiger partial charge is 0.260 e. The van der Waals surface area contributed by atoms with Gasteiger partial charge >= 0.3 is 0 Å². The molecule has 0 saturated carbocycles. The van der Waals surface area contributed by atoms with Crippen LogP contribution in [0, 0.1) is 0 Å². The standard InChI is InChI=1S/C18H25N5O2/c1-2-23-14-16(11-20-23)13-21-7-4-8-22(10-9-21)18(24)15-25-17-5-3-6-19-12-17/h3,5-6,11-12,14H,2,4,7-10,13,15H2,1H3. The largest absolute Gasteiger partial charge is 0.482 e. The Hall–Kier alpha value is -2.41. The van der Waals surface area contributed by atoms with Crippen LogP contribution in [0.2, 0.25) is 0 Å². The first-order chi connectivity index (χ1) is 12.2. The average Bonchev–Trinajstić information content (AvgIpc) is 2.97. The summed E-state index contributed by atoms with van der Waals surface area (Å²) in [5.41, 5.74) is 1.22. The number of amides is 1. The molecular formula is C18H25N5O2. The molecule has 0 aromatic carbocycles. The van der Waals surface area contributed by atoms with Gasteiger partial charge in [-0.05, 0) is 25.5 Å². The van der Waals surface area contributed by atoms with E-state index in [2.05, 4.69) is 28.1 Å². The summed E-state index contributed by atoms with van der Waals surface area (Å²) in [4.78, 5) is 20.6. The quantitative estimate of drug-likeness (QED) is 0.794. The molecule has 25 heavy (non-hydrogen) atoms. The van der Waals surface area contributed by atoms with E-state index in [4.69, 9.17) is 4.74 Å². The van der Waals surface area contributed by atoms with Crippen LogP contribution in [0.3, 0.4) is 0 Å². The van der Waals surface area contributed by atoms with E-state index in [-0.39, 0.29) is 12.5 Å². The lowest BCUT2D eigenvalue weighted by molar-refractivity contribution is -0.133. The monoisotopic (exact) mass is 343 g/mol. The van der Waals surface area contributed by atoms with Gasteiger partial charge in [0.25, 0.3) is 5.91 Å². The van der Waals surface area contributed by atoms with Crippen LogP contribution in [-0.2, 0) is 17.9 Å². The fourth-order valence-corrected chi connectivity index (χ4v) is 2.97. The molecule has 0 spiro atoms. The van der Waals surface area contributed by atoms with Gasteiger partial charge in [0.05, 0.1) is 12.4 Å². The van der Waals surface area contributed by atoms with Crippen LogP contribution < -0.4 is 4.74 Å². The van der Waals surface area contributed by atoms with Crippen LogP contribution in [-0.4, -0.2) is 63.3 Å². The SMILES string of the molecule is CCn1cc(CN2CCCN(C(=O)COc3cccnc3)CC2)cn1. The molecule has 0 atom stereocenters. The first-order valence-electron chi connectivity index (χ1n) is 8.79. The van der Waals surface area contributed by atoms with Gasteiger partial charge in [-0.3, -0.25) is 19.4 Å². The highest BCUT2D eigenvalue weighted by atomic mass is 16.5. The molecule has 7 nitrogen and oxygen atoms in total. The topological polar surface area (TPSA) is 63.5 Å². The molecule has 2 aromatic rings. The van der Waals surface area contributed by atoms with Crippen molar-refractivity contribution in [1.82, 2.24) is 24.6 Å². The molecule has 1 saturated heterocycles. The third-order valence-electron chi connectivity index (χ3n) is 4.35. The second-order valence-corrected chi connectivity index (χ2v) is 6.19. The molecule has 0 N–H and O–H groups in total. The van der Waals surface area contributed by atoms with Crippen LogP contribution in [0.1, 0.15) is 18.9 Å². The molecule has 7 heteroatoms. The van der Waals surface area contributed by atoms with Gasteiger partial charge in [-0.1, -0.05) is 0 Å². The van der Waals surface area contributed by atoms with E-state index >= 15 is 0 Å². The van der Waals surface area contributed by atoms with E-state index in [9.17, 15) is 4.79 Å². The molecule has 134 valence electrons. The Kier molecular flexibility index (Phi) is 6.00. The first kappa shape index (κ1) is 17.4. The van der Waals surface area contributed by atoms with Gasteiger partial charge in [0.1, 0.15) is 5.75 Å². The second-order valence-electron chi connectivity index (χ2n) is 6.19. The van der Waals surface area contributed by atoms with Gasteiger partial charge < -0.3 is 9.64 Å². The number of nitrogens with zero attached hydrogens (tertiary/aromatic N) is 5. The maximum Gasteiger partial charge on any atom is 0.260 e. The molecule has 1 aliphatic heterocycles. The fourth-order valence-electron chi connectivity index (χ4n) is 2.97. The number of carbonyl (C=O) groups excluding carboxylic acids is 1. The van der Waals surface area contributed by atoms with Gasteiger partial charge in [-0.15, -0.1) is 0 Å². The summed E-state index contributed by atoms with van der Waals surface area (Å²) in [6.45, 7) is 7.29. The molecule has 0 bridgehead atoms. The van der Waals surface area contributed by atoms with Gasteiger partial charge in [0.15, 0.2) is 6.61 Å². The van der Waals surface area contributed by atoms with Gasteiger partial charge in [0, 0.05) is 57.2 Å². The Morgan fingerprint density at radius 2 is 2.16 bits per heavy atom. The molecule has 1 aliphatic rings. The molecule has 0 aliphatic carbocycles. The number of hydrogen-bond donors (Lipinski definition) is 0. The Morgan fingerprint density at radius 3 is 2.92 bits per heavy atom. The highest BCUT2D eigenvalue weighted by molar-refractivity contribution is 5.77. The van der Waals surface area contributed by atoms with Crippen molar-refractivity contribution in [3.63, 3.8) is 0 Å². The summed E-state index contributed by atoms with van der Waals surface area (Å²) >= 11 is 0. The minimum atomic E-state index is 0.0319. The summed E-state index contributed by atoms with van der Waals surface area (Å²) in [6, 6.07) is 3.60. The lowest BCUT2D eigenvalue weighted by Crippen LogP contribution is -2.38. The van der Waals surface area contributed by atoms with Gasteiger partial charge in [0.2, 0.25) is 0 Å². The number of hydrogen-bond acceptors (Lipinski definition) is 5. The third-order valence-corrected chi connectivity index (χ3v) is 4.35. The van der Waals surface area contributed by atoms with Crippen molar-refractivity contribution in [2.75, 3.05) is 32.8 Å². The van der Waals surface area contributed by atoms with E-state index in [0.29, 0.717) is 5.75 Å². The first-order valence-corrected chi connectivity index (χ1v) is 8.79. The maximum atomic E-state index is 12.4. The van der Waals surface area contributed by atoms with Crippen LogP contribution in [0.25, 0.3) is 0 Å². The number of ether oxygens (including phenoxy) is 1. The molecule has 0 radical (unpaired) electrons. The Morgan fingerprint density at radius 1 is 1.24 bits per heavy atom. The Labute approximate surface area is 148 Å². The number of rotatable bonds is 6. The summed E-state index contributed by atoms with van der Waals surface area (Å²) in [5.74, 6) is 0.657. The van der Waals surface area contributed by atoms with Crippen molar-refractivity contribution in [3.8, 4) is 5.75 Å².